The van der Waals surface area contributed by atoms with Gasteiger partial charge in [0.2, 0.25) is 0 Å². The van der Waals surface area contributed by atoms with Gasteiger partial charge in [-0.15, -0.1) is 0 Å². The molecule has 6 heterocycles. The number of nitrogens with two attached hydrogens (primary N) is 1. The first-order valence-corrected chi connectivity index (χ1v) is 16.1. The van der Waals surface area contributed by atoms with Gasteiger partial charge < -0.3 is 24.6 Å². The summed E-state index contributed by atoms with van der Waals surface area (Å²) in [6.07, 6.45) is -6.28. The average molecular weight is 633 g/mol. The summed E-state index contributed by atoms with van der Waals surface area (Å²) in [6, 6.07) is 0.977. The van der Waals surface area contributed by atoms with E-state index in [-0.39, 0.29) is 5.82 Å². The molecule has 4 N–H and O–H groups in total. The third-order valence-corrected chi connectivity index (χ3v) is 9.38. The molecule has 6 rings (SSSR count). The topological polar surface area (TPSA) is 234 Å². The van der Waals surface area contributed by atoms with Crippen LogP contribution in [0.2, 0.25) is 0 Å². The fourth-order valence-electron chi connectivity index (χ4n) is 5.17. The summed E-state index contributed by atoms with van der Waals surface area (Å²) < 4.78 is 77.8. The molecule has 3 aliphatic heterocycles. The monoisotopic (exact) mass is 633 g/mol. The Morgan fingerprint density at radius 2 is 1.76 bits per heavy atom. The number of nitrogens with zero attached hydrogens (tertiary/aromatic N) is 5. The molecule has 3 aromatic rings. The SMILES string of the molecule is C[C@@H]1[C@@H]2OP(=O)(O)OC[C@H]3O[C@@H](n4ccc(=O)[nH]c4=O)[C@H](F)[C@@H]3OP(C)(=O)OC[C@H]2O[C@H]1n1cnc2c(N)ncnc21. The lowest BCUT2D eigenvalue weighted by molar-refractivity contribution is -0.0628. The van der Waals surface area contributed by atoms with Crippen molar-refractivity contribution in [3.63, 3.8) is 0 Å². The molecule has 18 nitrogen and oxygen atoms in total. The number of halogens is 1. The van der Waals surface area contributed by atoms with Crippen LogP contribution in [0.15, 0.2) is 34.5 Å². The summed E-state index contributed by atoms with van der Waals surface area (Å²) in [5.74, 6) is -0.502. The van der Waals surface area contributed by atoms with Gasteiger partial charge in [0, 0.05) is 24.8 Å². The Balaban J connectivity index is 1.28. The minimum atomic E-state index is -4.86. The van der Waals surface area contributed by atoms with Gasteiger partial charge in [0.1, 0.15) is 42.5 Å². The second kappa shape index (κ2) is 10.7. The molecule has 42 heavy (non-hydrogen) atoms. The van der Waals surface area contributed by atoms with E-state index in [9.17, 15) is 23.6 Å². The van der Waals surface area contributed by atoms with Crippen LogP contribution < -0.4 is 17.0 Å². The molecular formula is C21H26FN7O11P2. The molecule has 0 bridgehead atoms. The van der Waals surface area contributed by atoms with Crippen LogP contribution in [0.5, 0.6) is 0 Å². The molecule has 0 aromatic carbocycles. The summed E-state index contributed by atoms with van der Waals surface area (Å²) in [4.78, 5) is 48.6. The predicted molar refractivity (Wildman–Crippen MR) is 138 cm³/mol. The van der Waals surface area contributed by atoms with Gasteiger partial charge in [-0.1, -0.05) is 6.92 Å². The number of hydrogen-bond acceptors (Lipinski definition) is 14. The van der Waals surface area contributed by atoms with Crippen LogP contribution in [0, 0.1) is 5.92 Å². The third kappa shape index (κ3) is 5.36. The fourth-order valence-corrected chi connectivity index (χ4v) is 7.38. The highest BCUT2D eigenvalue weighted by Gasteiger charge is 2.53. The molecule has 0 saturated carbocycles. The Morgan fingerprint density at radius 1 is 1.05 bits per heavy atom. The van der Waals surface area contributed by atoms with E-state index in [1.807, 2.05) is 4.98 Å². The molecule has 21 heteroatoms. The van der Waals surface area contributed by atoms with Gasteiger partial charge in [-0.2, -0.15) is 0 Å². The van der Waals surface area contributed by atoms with Crippen molar-refractivity contribution in [3.8, 4) is 0 Å². The van der Waals surface area contributed by atoms with Crippen molar-refractivity contribution in [2.75, 3.05) is 25.6 Å². The van der Waals surface area contributed by atoms with Crippen LogP contribution in [0.3, 0.4) is 0 Å². The molecule has 3 aromatic heterocycles. The molecule has 0 aliphatic carbocycles. The molecule has 228 valence electrons. The second-order valence-electron chi connectivity index (χ2n) is 10.0. The van der Waals surface area contributed by atoms with Gasteiger partial charge in [0.25, 0.3) is 5.56 Å². The number of aromatic nitrogens is 6. The number of fused-ring (bicyclic) bond motifs is 3. The first kappa shape index (κ1) is 29.2. The number of imidazole rings is 1. The quantitative estimate of drug-likeness (QED) is 0.325. The predicted octanol–water partition coefficient (Wildman–Crippen LogP) is 0.468. The van der Waals surface area contributed by atoms with E-state index in [0.29, 0.717) is 11.2 Å². The number of alkyl halides is 1. The summed E-state index contributed by atoms with van der Waals surface area (Å²) in [5.41, 5.74) is 4.83. The van der Waals surface area contributed by atoms with E-state index in [2.05, 4.69) is 15.0 Å². The Hall–Kier alpha value is -2.86. The summed E-state index contributed by atoms with van der Waals surface area (Å²) in [6.45, 7) is 1.57. The average Bonchev–Trinajstić information content (AvgIpc) is 3.57. The van der Waals surface area contributed by atoms with Crippen molar-refractivity contribution in [2.24, 2.45) is 5.92 Å². The number of rotatable bonds is 2. The second-order valence-corrected chi connectivity index (χ2v) is 13.4. The van der Waals surface area contributed by atoms with Crippen LogP contribution in [-0.2, 0) is 36.7 Å². The number of phosphoric ester groups is 1. The van der Waals surface area contributed by atoms with Crippen molar-refractivity contribution in [1.29, 1.82) is 0 Å². The minimum Gasteiger partial charge on any atom is -0.382 e. The molecule has 3 aliphatic rings. The lowest BCUT2D eigenvalue weighted by Crippen LogP contribution is -2.37. The van der Waals surface area contributed by atoms with Gasteiger partial charge in [0.15, 0.2) is 23.9 Å². The Kier molecular flexibility index (Phi) is 7.44. The number of ether oxygens (including phenoxy) is 2. The summed E-state index contributed by atoms with van der Waals surface area (Å²) in [5, 5.41) is 0. The standard InChI is InChI=1S/C21H26FN7O11P2/c1-9-15-10(37-19(9)29-8-26-14-17(23)24-7-25-18(14)29)5-35-41(2,32)39-16-11(6-36-42(33,34)40-15)38-20(13(16)22)28-4-3-12(30)27-21(28)31/h3-4,7-11,13,15-16,19-20H,5-6H2,1-2H3,(H,33,34)(H2,23,24,25)(H,27,30,31)/t9-,10-,11-,13-,15+,16-,19-,20-,41?/m1/s1. The van der Waals surface area contributed by atoms with Crippen molar-refractivity contribution in [2.45, 2.75) is 50.0 Å². The maximum atomic E-state index is 15.6. The minimum absolute atomic E-state index is 0.138. The maximum Gasteiger partial charge on any atom is 0.472 e. The smallest absolute Gasteiger partial charge is 0.382 e. The van der Waals surface area contributed by atoms with E-state index in [0.717, 1.165) is 23.5 Å². The Labute approximate surface area is 235 Å². The normalized spacial score (nSPS) is 39.3. The summed E-state index contributed by atoms with van der Waals surface area (Å²) in [7, 11) is -8.92. The van der Waals surface area contributed by atoms with Crippen LogP contribution in [0.1, 0.15) is 19.4 Å². The molecule has 0 radical (unpaired) electrons. The first-order valence-electron chi connectivity index (χ1n) is 12.6. The highest BCUT2D eigenvalue weighted by molar-refractivity contribution is 7.53. The Morgan fingerprint density at radius 3 is 2.52 bits per heavy atom. The maximum absolute atomic E-state index is 15.6. The highest BCUT2D eigenvalue weighted by Crippen LogP contribution is 2.54. The van der Waals surface area contributed by atoms with Crippen LogP contribution in [0.25, 0.3) is 11.2 Å². The molecule has 2 unspecified atom stereocenters. The van der Waals surface area contributed by atoms with Gasteiger partial charge in [-0.25, -0.2) is 28.7 Å². The van der Waals surface area contributed by atoms with Crippen LogP contribution in [-0.4, -0.2) is 84.4 Å². The van der Waals surface area contributed by atoms with E-state index < -0.39 is 88.8 Å². The zero-order chi connectivity index (χ0) is 30.0. The number of phosphoric acid groups is 1. The number of anilines is 1. The largest absolute Gasteiger partial charge is 0.472 e. The lowest BCUT2D eigenvalue weighted by Gasteiger charge is -2.28. The molecular weight excluding hydrogens is 607 g/mol. The van der Waals surface area contributed by atoms with E-state index in [1.54, 1.807) is 11.5 Å². The van der Waals surface area contributed by atoms with E-state index >= 15 is 4.39 Å². The zero-order valence-electron chi connectivity index (χ0n) is 22.0. The lowest BCUT2D eigenvalue weighted by atomic mass is 10.0. The summed E-state index contributed by atoms with van der Waals surface area (Å²) >= 11 is 0. The third-order valence-electron chi connectivity index (χ3n) is 7.15. The van der Waals surface area contributed by atoms with Gasteiger partial charge in [0.05, 0.1) is 19.5 Å². The number of nitrogen functional groups attached to an aromatic ring is 1. The van der Waals surface area contributed by atoms with Gasteiger partial charge >= 0.3 is 21.1 Å². The van der Waals surface area contributed by atoms with Crippen molar-refractivity contribution in [1.82, 2.24) is 29.1 Å². The fraction of sp³-hybridized carbons (Fsp3) is 0.571. The molecule has 10 atom stereocenters. The van der Waals surface area contributed by atoms with Crippen LogP contribution >= 0.6 is 15.4 Å². The van der Waals surface area contributed by atoms with Crippen LogP contribution in [0.4, 0.5) is 10.2 Å². The van der Waals surface area contributed by atoms with Gasteiger partial charge in [-0.05, 0) is 0 Å². The van der Waals surface area contributed by atoms with E-state index in [4.69, 9.17) is 33.3 Å². The number of nitrogens with one attached hydrogen (secondary N) is 1. The molecule has 0 amide bonds. The molecule has 0 spiro atoms. The zero-order valence-corrected chi connectivity index (χ0v) is 23.7. The molecule has 3 saturated heterocycles. The Bertz CT molecular complexity index is 1720. The van der Waals surface area contributed by atoms with Crippen molar-refractivity contribution in [3.05, 3.63) is 45.8 Å². The first-order chi connectivity index (χ1) is 19.8. The van der Waals surface area contributed by atoms with Crippen molar-refractivity contribution < 1.29 is 46.0 Å². The highest BCUT2D eigenvalue weighted by atomic mass is 31.2. The number of H-pyrrole nitrogens is 1. The van der Waals surface area contributed by atoms with Gasteiger partial charge in [-0.3, -0.25) is 37.0 Å². The number of aromatic amines is 1. The van der Waals surface area contributed by atoms with E-state index in [1.165, 1.54) is 12.7 Å². The molecule has 3 fully saturated rings. The number of hydrogen-bond donors (Lipinski definition) is 3. The van der Waals surface area contributed by atoms with Crippen molar-refractivity contribution >= 4 is 32.4 Å².